The van der Waals surface area contributed by atoms with Crippen LogP contribution in [0.2, 0.25) is 0 Å². The molecule has 10 rings (SSSR count). The molecule has 8 aromatic rings. The summed E-state index contributed by atoms with van der Waals surface area (Å²) in [5.74, 6) is 8.56. The lowest BCUT2D eigenvalue weighted by Crippen LogP contribution is -2.33. The van der Waals surface area contributed by atoms with Gasteiger partial charge in [-0.3, -0.25) is 5.01 Å². The molecule has 0 radical (unpaired) electrons. The van der Waals surface area contributed by atoms with Gasteiger partial charge in [-0.25, -0.2) is 15.8 Å². The molecule has 7 aromatic carbocycles. The number of nitrogens with two attached hydrogens (primary N) is 1. The first-order chi connectivity index (χ1) is 30.6. The molecule has 0 fully saturated rings. The summed E-state index contributed by atoms with van der Waals surface area (Å²) in [6.07, 6.45) is 9.56. The van der Waals surface area contributed by atoms with Crippen LogP contribution in [0.4, 0.5) is 0 Å². The van der Waals surface area contributed by atoms with E-state index in [4.69, 9.17) is 15.8 Å². The highest BCUT2D eigenvalue weighted by Gasteiger charge is 2.33. The first-order valence-electron chi connectivity index (χ1n) is 21.4. The van der Waals surface area contributed by atoms with Crippen LogP contribution < -0.4 is 5.84 Å². The van der Waals surface area contributed by atoms with E-state index in [-0.39, 0.29) is 11.8 Å². The van der Waals surface area contributed by atoms with Crippen molar-refractivity contribution >= 4 is 22.5 Å². The van der Waals surface area contributed by atoms with E-state index < -0.39 is 0 Å². The number of hydrazine groups is 1. The van der Waals surface area contributed by atoms with Gasteiger partial charge in [0.15, 0.2) is 5.82 Å². The predicted molar refractivity (Wildman–Crippen MR) is 257 cm³/mol. The average Bonchev–Trinajstić information content (AvgIpc) is 3.36. The minimum atomic E-state index is -0.00139. The zero-order valence-electron chi connectivity index (χ0n) is 34.6. The zero-order valence-corrected chi connectivity index (χ0v) is 34.6. The highest BCUT2D eigenvalue weighted by molar-refractivity contribution is 6.10. The normalized spacial score (nSPS) is 15.9. The van der Waals surface area contributed by atoms with Crippen LogP contribution in [0.5, 0.6) is 0 Å². The number of nitrogens with zero attached hydrogens (tertiary/aromatic N) is 3. The lowest BCUT2D eigenvalue weighted by molar-refractivity contribution is 0.590. The molecule has 1 aromatic heterocycles. The molecule has 0 saturated carbocycles. The first kappa shape index (κ1) is 38.5. The summed E-state index contributed by atoms with van der Waals surface area (Å²) in [6.45, 7) is 2.30. The van der Waals surface area contributed by atoms with Gasteiger partial charge < -0.3 is 0 Å². The Kier molecular flexibility index (Phi) is 10.7. The molecule has 2 aliphatic rings. The van der Waals surface area contributed by atoms with Gasteiger partial charge in [0.05, 0.1) is 22.8 Å². The van der Waals surface area contributed by atoms with Crippen LogP contribution in [0.15, 0.2) is 224 Å². The fourth-order valence-electron chi connectivity index (χ4n) is 8.97. The van der Waals surface area contributed by atoms with Crippen molar-refractivity contribution in [1.29, 1.82) is 0 Å². The van der Waals surface area contributed by atoms with Gasteiger partial charge in [0, 0.05) is 39.7 Å². The summed E-state index contributed by atoms with van der Waals surface area (Å²) in [6, 6.07) is 70.7. The molecule has 0 amide bonds. The van der Waals surface area contributed by atoms with Crippen molar-refractivity contribution in [3.05, 3.63) is 264 Å². The fourth-order valence-corrected chi connectivity index (χ4v) is 8.97. The maximum atomic E-state index is 7.67. The number of hydrogen-bond acceptors (Lipinski definition) is 4. The molecule has 2 heterocycles. The summed E-state index contributed by atoms with van der Waals surface area (Å²) in [7, 11) is 0. The van der Waals surface area contributed by atoms with Gasteiger partial charge in [-0.2, -0.15) is 0 Å². The highest BCUT2D eigenvalue weighted by Crippen LogP contribution is 2.49. The Morgan fingerprint density at radius 1 is 0.548 bits per heavy atom. The number of benzene rings is 7. The molecular formula is C58H46N4. The molecule has 0 saturated heterocycles. The van der Waals surface area contributed by atoms with Crippen molar-refractivity contribution in [2.45, 2.75) is 25.2 Å². The number of allylic oxidation sites excluding steroid dienone is 5. The van der Waals surface area contributed by atoms with E-state index in [9.17, 15) is 0 Å². The minimum absolute atomic E-state index is 0.00139. The van der Waals surface area contributed by atoms with Gasteiger partial charge in [-0.1, -0.05) is 219 Å². The second-order valence-electron chi connectivity index (χ2n) is 15.9. The molecule has 298 valence electrons. The summed E-state index contributed by atoms with van der Waals surface area (Å²) < 4.78 is 0. The number of aromatic nitrogens is 2. The summed E-state index contributed by atoms with van der Waals surface area (Å²) in [4.78, 5) is 10.3. The van der Waals surface area contributed by atoms with Crippen LogP contribution in [-0.4, -0.2) is 15.0 Å². The van der Waals surface area contributed by atoms with Crippen molar-refractivity contribution in [2.24, 2.45) is 5.84 Å². The van der Waals surface area contributed by atoms with Gasteiger partial charge in [0.2, 0.25) is 0 Å². The molecule has 62 heavy (non-hydrogen) atoms. The van der Waals surface area contributed by atoms with Gasteiger partial charge in [0.25, 0.3) is 0 Å². The smallest absolute Gasteiger partial charge is 0.160 e. The standard InChI is InChI=1S/C58H46N4/c1-40(41-34-36-43(37-35-41)42-20-7-2-8-21-42)54(45-24-11-4-12-25-45)57-51-33-18-17-32-50(51)55(56(62(57)59)46-26-13-5-14-27-46)49-31-19-30-48(38-49)53-39-52(44-22-9-3-10-23-44)60-58(61-53)47-28-15-6-16-29-47/h2-22,24-40,44H,23,59H2,1H3/b57-54+. The number of hydrogen-bond donors (Lipinski definition) is 1. The van der Waals surface area contributed by atoms with Crippen LogP contribution in [0.25, 0.3) is 56.3 Å². The Bertz CT molecular complexity index is 2980. The third kappa shape index (κ3) is 7.53. The highest BCUT2D eigenvalue weighted by atomic mass is 15.4. The predicted octanol–water partition coefficient (Wildman–Crippen LogP) is 13.9. The maximum absolute atomic E-state index is 7.67. The van der Waals surface area contributed by atoms with Crippen LogP contribution in [-0.2, 0) is 0 Å². The van der Waals surface area contributed by atoms with E-state index in [2.05, 4.69) is 213 Å². The van der Waals surface area contributed by atoms with Gasteiger partial charge in [-0.05, 0) is 57.5 Å². The van der Waals surface area contributed by atoms with Crippen molar-refractivity contribution in [2.75, 3.05) is 0 Å². The van der Waals surface area contributed by atoms with E-state index in [1.54, 1.807) is 0 Å². The van der Waals surface area contributed by atoms with Crippen molar-refractivity contribution in [3.63, 3.8) is 0 Å². The molecule has 2 unspecified atom stereocenters. The van der Waals surface area contributed by atoms with E-state index in [1.807, 2.05) is 23.2 Å². The summed E-state index contributed by atoms with van der Waals surface area (Å²) in [5.41, 5.74) is 17.0. The lowest BCUT2D eigenvalue weighted by atomic mass is 9.79. The summed E-state index contributed by atoms with van der Waals surface area (Å²) in [5, 5.41) is 1.95. The van der Waals surface area contributed by atoms with E-state index in [0.29, 0.717) is 0 Å². The molecule has 0 spiro atoms. The monoisotopic (exact) mass is 798 g/mol. The lowest BCUT2D eigenvalue weighted by Gasteiger charge is -2.37. The Labute approximate surface area is 364 Å². The second-order valence-corrected chi connectivity index (χ2v) is 15.9. The molecular weight excluding hydrogens is 753 g/mol. The first-order valence-corrected chi connectivity index (χ1v) is 21.4. The quantitative estimate of drug-likeness (QED) is 0.148. The third-order valence-corrected chi connectivity index (χ3v) is 12.1. The van der Waals surface area contributed by atoms with E-state index in [0.717, 1.165) is 85.1 Å². The van der Waals surface area contributed by atoms with Crippen LogP contribution in [0.3, 0.4) is 0 Å². The van der Waals surface area contributed by atoms with Crippen LogP contribution in [0, 0.1) is 0 Å². The van der Waals surface area contributed by atoms with Gasteiger partial charge >= 0.3 is 0 Å². The second kappa shape index (κ2) is 17.1. The Morgan fingerprint density at radius 2 is 1.13 bits per heavy atom. The van der Waals surface area contributed by atoms with Crippen molar-refractivity contribution in [3.8, 4) is 33.8 Å². The number of rotatable bonds is 9. The molecule has 4 heteroatoms. The van der Waals surface area contributed by atoms with Crippen LogP contribution >= 0.6 is 0 Å². The maximum Gasteiger partial charge on any atom is 0.160 e. The molecule has 1 aliphatic carbocycles. The minimum Gasteiger partial charge on any atom is -0.277 e. The van der Waals surface area contributed by atoms with Crippen molar-refractivity contribution < 1.29 is 0 Å². The molecule has 0 bridgehead atoms. The SMILES string of the molecule is CC(/C(=C1/c2ccccc2C(c2cccc(-c3cc(C4C=CC=CC4)nc(-c4ccccc4)n3)c2)=C(c2ccccc2)N1N)c1ccccc1)c1ccc(-c2ccccc2)cc1. The van der Waals surface area contributed by atoms with E-state index in [1.165, 1.54) is 16.7 Å². The zero-order chi connectivity index (χ0) is 41.8. The largest absolute Gasteiger partial charge is 0.277 e. The van der Waals surface area contributed by atoms with Gasteiger partial charge in [-0.15, -0.1) is 0 Å². The molecule has 4 nitrogen and oxygen atoms in total. The summed E-state index contributed by atoms with van der Waals surface area (Å²) >= 11 is 0. The molecule has 2 N–H and O–H groups in total. The topological polar surface area (TPSA) is 55.0 Å². The Balaban J connectivity index is 1.16. The van der Waals surface area contributed by atoms with Crippen LogP contribution in [0.1, 0.15) is 64.3 Å². The fraction of sp³-hybridized carbons (Fsp3) is 0.0690. The molecule has 1 aliphatic heterocycles. The Hall–Kier alpha value is -7.66. The van der Waals surface area contributed by atoms with E-state index >= 15 is 0 Å². The third-order valence-electron chi connectivity index (χ3n) is 12.1. The number of fused-ring (bicyclic) bond motifs is 1. The van der Waals surface area contributed by atoms with Crippen molar-refractivity contribution in [1.82, 2.24) is 15.0 Å². The average molecular weight is 799 g/mol. The Morgan fingerprint density at radius 3 is 1.81 bits per heavy atom. The van der Waals surface area contributed by atoms with Gasteiger partial charge in [0.1, 0.15) is 0 Å². The molecule has 2 atom stereocenters.